The van der Waals surface area contributed by atoms with E-state index in [1.807, 2.05) is 13.8 Å². The number of urea groups is 1. The molecule has 120 valence electrons. The molecule has 6 heteroatoms. The largest absolute Gasteiger partial charge is 0.481 e. The standard InChI is InChI=1S/C15H26N2O4/c1-3-7-17(13-9-21-8-12(13)14(18)19)15(20)16-10(2)11-5-4-6-11/h10-13H,3-9H2,1-2H3,(H,16,20)(H,18,19). The molecule has 0 spiro atoms. The summed E-state index contributed by atoms with van der Waals surface area (Å²) < 4.78 is 5.29. The van der Waals surface area contributed by atoms with Gasteiger partial charge in [-0.2, -0.15) is 0 Å². The van der Waals surface area contributed by atoms with Gasteiger partial charge in [0.25, 0.3) is 0 Å². The Labute approximate surface area is 125 Å². The maximum Gasteiger partial charge on any atom is 0.317 e. The van der Waals surface area contributed by atoms with Gasteiger partial charge in [-0.25, -0.2) is 4.79 Å². The van der Waals surface area contributed by atoms with Gasteiger partial charge in [-0.3, -0.25) is 4.79 Å². The van der Waals surface area contributed by atoms with Gasteiger partial charge in [-0.15, -0.1) is 0 Å². The van der Waals surface area contributed by atoms with Gasteiger partial charge in [0.05, 0.1) is 19.3 Å². The topological polar surface area (TPSA) is 78.9 Å². The number of nitrogens with one attached hydrogen (secondary N) is 1. The van der Waals surface area contributed by atoms with E-state index >= 15 is 0 Å². The van der Waals surface area contributed by atoms with Crippen LogP contribution in [0.25, 0.3) is 0 Å². The summed E-state index contributed by atoms with van der Waals surface area (Å²) in [5, 5.41) is 12.3. The van der Waals surface area contributed by atoms with E-state index in [4.69, 9.17) is 4.74 Å². The molecule has 0 bridgehead atoms. The van der Waals surface area contributed by atoms with E-state index in [0.29, 0.717) is 19.1 Å². The van der Waals surface area contributed by atoms with Crippen LogP contribution < -0.4 is 5.32 Å². The van der Waals surface area contributed by atoms with E-state index in [2.05, 4.69) is 5.32 Å². The fourth-order valence-corrected chi connectivity index (χ4v) is 3.08. The second kappa shape index (κ2) is 7.11. The van der Waals surface area contributed by atoms with Gasteiger partial charge in [0.1, 0.15) is 5.92 Å². The number of ether oxygens (including phenoxy) is 1. The number of rotatable bonds is 6. The Hall–Kier alpha value is -1.30. The summed E-state index contributed by atoms with van der Waals surface area (Å²) >= 11 is 0. The van der Waals surface area contributed by atoms with Gasteiger partial charge in [0, 0.05) is 12.6 Å². The van der Waals surface area contributed by atoms with E-state index in [-0.39, 0.29) is 24.7 Å². The van der Waals surface area contributed by atoms with Crippen molar-refractivity contribution in [1.29, 1.82) is 0 Å². The Balaban J connectivity index is 1.99. The van der Waals surface area contributed by atoms with Gasteiger partial charge >= 0.3 is 12.0 Å². The lowest BCUT2D eigenvalue weighted by Crippen LogP contribution is -2.54. The summed E-state index contributed by atoms with van der Waals surface area (Å²) in [6.07, 6.45) is 4.37. The fraction of sp³-hybridized carbons (Fsp3) is 0.867. The van der Waals surface area contributed by atoms with Crippen LogP contribution in [0.5, 0.6) is 0 Å². The summed E-state index contributed by atoms with van der Waals surface area (Å²) in [5.74, 6) is -0.952. The first-order valence-electron chi connectivity index (χ1n) is 7.92. The third-order valence-electron chi connectivity index (χ3n) is 4.70. The zero-order valence-electron chi connectivity index (χ0n) is 12.9. The lowest BCUT2D eigenvalue weighted by molar-refractivity contribution is -0.142. The van der Waals surface area contributed by atoms with Gasteiger partial charge in [-0.05, 0) is 32.1 Å². The predicted molar refractivity (Wildman–Crippen MR) is 78.1 cm³/mol. The highest BCUT2D eigenvalue weighted by molar-refractivity contribution is 5.77. The molecule has 2 aliphatic rings. The minimum Gasteiger partial charge on any atom is -0.481 e. The van der Waals surface area contributed by atoms with Crippen molar-refractivity contribution < 1.29 is 19.4 Å². The third kappa shape index (κ3) is 3.67. The fourth-order valence-electron chi connectivity index (χ4n) is 3.08. The maximum absolute atomic E-state index is 12.5. The van der Waals surface area contributed by atoms with Gasteiger partial charge in [-0.1, -0.05) is 13.3 Å². The van der Waals surface area contributed by atoms with Crippen LogP contribution in [0, 0.1) is 11.8 Å². The van der Waals surface area contributed by atoms with E-state index in [0.717, 1.165) is 6.42 Å². The Bertz CT molecular complexity index is 384. The van der Waals surface area contributed by atoms with Crippen LogP contribution in [-0.4, -0.2) is 53.8 Å². The Morgan fingerprint density at radius 1 is 1.38 bits per heavy atom. The molecule has 3 atom stereocenters. The summed E-state index contributed by atoms with van der Waals surface area (Å²) in [6, 6.07) is -0.370. The van der Waals surface area contributed by atoms with Crippen molar-refractivity contribution in [2.24, 2.45) is 11.8 Å². The predicted octanol–water partition coefficient (Wildman–Crippen LogP) is 1.70. The first kappa shape index (κ1) is 16.1. The quantitative estimate of drug-likeness (QED) is 0.782. The molecule has 2 fully saturated rings. The van der Waals surface area contributed by atoms with Crippen LogP contribution in [0.15, 0.2) is 0 Å². The second-order valence-electron chi connectivity index (χ2n) is 6.17. The SMILES string of the molecule is CCCN(C(=O)NC(C)C1CCC1)C1COCC1C(=O)O. The van der Waals surface area contributed by atoms with Gasteiger partial charge < -0.3 is 20.1 Å². The molecule has 1 saturated heterocycles. The minimum absolute atomic E-state index is 0.149. The van der Waals surface area contributed by atoms with Gasteiger partial charge in [0.15, 0.2) is 0 Å². The van der Waals surface area contributed by atoms with Gasteiger partial charge in [0.2, 0.25) is 0 Å². The Kier molecular flexibility index (Phi) is 5.45. The molecule has 21 heavy (non-hydrogen) atoms. The number of aliphatic carboxylic acids is 1. The molecule has 0 aromatic heterocycles. The number of carbonyl (C=O) groups excluding carboxylic acids is 1. The Morgan fingerprint density at radius 3 is 2.62 bits per heavy atom. The average molecular weight is 298 g/mol. The molecular formula is C15H26N2O4. The molecule has 1 aliphatic carbocycles. The van der Waals surface area contributed by atoms with E-state index in [1.54, 1.807) is 4.90 Å². The van der Waals surface area contributed by atoms with Crippen LogP contribution in [0.2, 0.25) is 0 Å². The smallest absolute Gasteiger partial charge is 0.317 e. The lowest BCUT2D eigenvalue weighted by Gasteiger charge is -2.36. The van der Waals surface area contributed by atoms with Crippen LogP contribution in [0.3, 0.4) is 0 Å². The van der Waals surface area contributed by atoms with Crippen molar-refractivity contribution in [2.45, 2.75) is 51.6 Å². The number of carbonyl (C=O) groups is 2. The number of nitrogens with zero attached hydrogens (tertiary/aromatic N) is 1. The van der Waals surface area contributed by atoms with E-state index < -0.39 is 11.9 Å². The molecular weight excluding hydrogens is 272 g/mol. The van der Waals surface area contributed by atoms with Crippen LogP contribution >= 0.6 is 0 Å². The molecule has 1 saturated carbocycles. The minimum atomic E-state index is -0.890. The molecule has 0 aromatic carbocycles. The maximum atomic E-state index is 12.5. The van der Waals surface area contributed by atoms with Crippen molar-refractivity contribution in [3.05, 3.63) is 0 Å². The number of carboxylic acid groups (broad SMARTS) is 1. The summed E-state index contributed by atoms with van der Waals surface area (Å²) in [5.41, 5.74) is 0. The molecule has 0 aromatic rings. The molecule has 6 nitrogen and oxygen atoms in total. The van der Waals surface area contributed by atoms with Crippen LogP contribution in [-0.2, 0) is 9.53 Å². The zero-order valence-corrected chi connectivity index (χ0v) is 12.9. The molecule has 2 N–H and O–H groups in total. The van der Waals surface area contributed by atoms with Crippen LogP contribution in [0.4, 0.5) is 4.79 Å². The molecule has 3 unspecified atom stereocenters. The van der Waals surface area contributed by atoms with E-state index in [1.165, 1.54) is 19.3 Å². The van der Waals surface area contributed by atoms with E-state index in [9.17, 15) is 14.7 Å². The molecule has 0 radical (unpaired) electrons. The highest BCUT2D eigenvalue weighted by Crippen LogP contribution is 2.29. The second-order valence-corrected chi connectivity index (χ2v) is 6.17. The number of hydrogen-bond donors (Lipinski definition) is 2. The first-order chi connectivity index (χ1) is 10.0. The zero-order chi connectivity index (χ0) is 15.4. The van der Waals surface area contributed by atoms with Crippen molar-refractivity contribution in [3.63, 3.8) is 0 Å². The molecule has 1 aliphatic heterocycles. The first-order valence-corrected chi connectivity index (χ1v) is 7.92. The third-order valence-corrected chi connectivity index (χ3v) is 4.70. The van der Waals surface area contributed by atoms with Crippen molar-refractivity contribution in [2.75, 3.05) is 19.8 Å². The Morgan fingerprint density at radius 2 is 2.10 bits per heavy atom. The van der Waals surface area contributed by atoms with Crippen molar-refractivity contribution in [1.82, 2.24) is 10.2 Å². The monoisotopic (exact) mass is 298 g/mol. The molecule has 2 amide bonds. The lowest BCUT2D eigenvalue weighted by atomic mass is 9.80. The van der Waals surface area contributed by atoms with Crippen LogP contribution in [0.1, 0.15) is 39.5 Å². The average Bonchev–Trinajstić information content (AvgIpc) is 2.82. The number of hydrogen-bond acceptors (Lipinski definition) is 3. The molecule has 2 rings (SSSR count). The summed E-state index contributed by atoms with van der Waals surface area (Å²) in [4.78, 5) is 25.5. The number of carboxylic acids is 1. The normalized spacial score (nSPS) is 27.0. The summed E-state index contributed by atoms with van der Waals surface area (Å²) in [7, 11) is 0. The van der Waals surface area contributed by atoms with Crippen molar-refractivity contribution >= 4 is 12.0 Å². The molecule has 1 heterocycles. The highest BCUT2D eigenvalue weighted by Gasteiger charge is 2.40. The van der Waals surface area contributed by atoms with Crippen molar-refractivity contribution in [3.8, 4) is 0 Å². The highest BCUT2D eigenvalue weighted by atomic mass is 16.5. The summed E-state index contributed by atoms with van der Waals surface area (Å²) in [6.45, 7) is 5.07. The number of amides is 2.